The van der Waals surface area contributed by atoms with E-state index in [0.29, 0.717) is 44.6 Å². The summed E-state index contributed by atoms with van der Waals surface area (Å²) in [6.45, 7) is 3.54. The van der Waals surface area contributed by atoms with E-state index in [0.717, 1.165) is 17.5 Å². The number of nitrogens with one attached hydrogen (secondary N) is 2. The maximum atomic E-state index is 13.3. The van der Waals surface area contributed by atoms with Crippen molar-refractivity contribution in [2.24, 2.45) is 5.92 Å². The monoisotopic (exact) mass is 447 g/mol. The number of likely N-dealkylation sites (tertiary alicyclic amines) is 1. The Labute approximate surface area is 193 Å². The number of hydrogen-bond donors (Lipinski definition) is 2. The van der Waals surface area contributed by atoms with Crippen LogP contribution in [0, 0.1) is 12.8 Å². The molecule has 8 heteroatoms. The predicted octanol–water partition coefficient (Wildman–Crippen LogP) is 2.48. The summed E-state index contributed by atoms with van der Waals surface area (Å²) in [5.74, 6) is 0.300. The highest BCUT2D eigenvalue weighted by Crippen LogP contribution is 2.34. The zero-order valence-corrected chi connectivity index (χ0v) is 18.8. The van der Waals surface area contributed by atoms with Crippen molar-refractivity contribution in [1.82, 2.24) is 20.1 Å². The van der Waals surface area contributed by atoms with Crippen LogP contribution in [0.3, 0.4) is 0 Å². The van der Waals surface area contributed by atoms with Gasteiger partial charge in [0, 0.05) is 31.6 Å². The molecule has 2 aromatic rings. The highest BCUT2D eigenvalue weighted by Gasteiger charge is 2.52. The van der Waals surface area contributed by atoms with Crippen LogP contribution in [-0.2, 0) is 22.4 Å². The van der Waals surface area contributed by atoms with Crippen molar-refractivity contribution in [3.05, 3.63) is 59.3 Å². The summed E-state index contributed by atoms with van der Waals surface area (Å²) >= 11 is 0. The lowest BCUT2D eigenvalue weighted by Gasteiger charge is -2.34. The van der Waals surface area contributed by atoms with E-state index < -0.39 is 5.54 Å². The number of rotatable bonds is 4. The molecule has 2 aliphatic heterocycles. The number of carbonyl (C=O) groups excluding carboxylic acids is 3. The van der Waals surface area contributed by atoms with Crippen molar-refractivity contribution < 1.29 is 14.4 Å². The quantitative estimate of drug-likeness (QED) is 0.703. The highest BCUT2D eigenvalue weighted by atomic mass is 16.2. The summed E-state index contributed by atoms with van der Waals surface area (Å²) < 4.78 is 0. The van der Waals surface area contributed by atoms with Gasteiger partial charge in [-0.3, -0.25) is 14.5 Å². The predicted molar refractivity (Wildman–Crippen MR) is 123 cm³/mol. The van der Waals surface area contributed by atoms with Gasteiger partial charge in [-0.25, -0.2) is 14.7 Å². The van der Waals surface area contributed by atoms with Crippen LogP contribution in [0.5, 0.6) is 0 Å². The molecular formula is C25H29N5O3. The van der Waals surface area contributed by atoms with E-state index in [1.807, 2.05) is 31.2 Å². The van der Waals surface area contributed by atoms with E-state index in [9.17, 15) is 14.4 Å². The molecule has 4 amide bonds. The number of carbonyl (C=O) groups is 3. The third-order valence-corrected chi connectivity index (χ3v) is 7.14. The van der Waals surface area contributed by atoms with E-state index in [1.54, 1.807) is 12.3 Å². The van der Waals surface area contributed by atoms with Crippen LogP contribution >= 0.6 is 0 Å². The van der Waals surface area contributed by atoms with Crippen LogP contribution in [0.25, 0.3) is 0 Å². The topological polar surface area (TPSA) is 94.6 Å². The molecule has 5 rings (SSSR count). The van der Waals surface area contributed by atoms with Crippen molar-refractivity contribution >= 4 is 23.7 Å². The molecule has 2 N–H and O–H groups in total. The number of benzene rings is 1. The van der Waals surface area contributed by atoms with Crippen LogP contribution in [0.2, 0.25) is 0 Å². The molecule has 1 atom stereocenters. The fraction of sp³-hybridized carbons (Fsp3) is 0.440. The van der Waals surface area contributed by atoms with Crippen LogP contribution in [0.15, 0.2) is 42.6 Å². The molecule has 0 bridgehead atoms. The van der Waals surface area contributed by atoms with Crippen molar-refractivity contribution in [1.29, 1.82) is 0 Å². The first kappa shape index (κ1) is 21.6. The van der Waals surface area contributed by atoms with Gasteiger partial charge < -0.3 is 10.6 Å². The lowest BCUT2D eigenvalue weighted by Crippen LogP contribution is -2.52. The van der Waals surface area contributed by atoms with Crippen molar-refractivity contribution in [3.63, 3.8) is 0 Å². The second-order valence-electron chi connectivity index (χ2n) is 9.43. The Morgan fingerprint density at radius 2 is 1.91 bits per heavy atom. The number of hydrogen-bond acceptors (Lipinski definition) is 5. The smallest absolute Gasteiger partial charge is 0.323 e. The van der Waals surface area contributed by atoms with Gasteiger partial charge in [-0.1, -0.05) is 30.3 Å². The Hall–Kier alpha value is -3.26. The van der Waals surface area contributed by atoms with E-state index in [1.165, 1.54) is 10.5 Å². The van der Waals surface area contributed by atoms with Crippen LogP contribution in [-0.4, -0.2) is 57.9 Å². The van der Waals surface area contributed by atoms with Gasteiger partial charge in [-0.05, 0) is 55.4 Å². The normalized spacial score (nSPS) is 23.5. The summed E-state index contributed by atoms with van der Waals surface area (Å²) in [6.07, 6.45) is 5.04. The van der Waals surface area contributed by atoms with Crippen LogP contribution < -0.4 is 10.6 Å². The number of nitrogens with zero attached hydrogens (tertiary/aromatic N) is 3. The number of aryl methyl sites for hydroxylation is 2. The number of piperidine rings is 1. The minimum absolute atomic E-state index is 0.0270. The van der Waals surface area contributed by atoms with Gasteiger partial charge in [0.25, 0.3) is 5.91 Å². The summed E-state index contributed by atoms with van der Waals surface area (Å²) in [4.78, 5) is 46.3. The number of anilines is 1. The Kier molecular flexibility index (Phi) is 5.62. The molecule has 33 heavy (non-hydrogen) atoms. The second-order valence-corrected chi connectivity index (χ2v) is 9.43. The maximum Gasteiger partial charge on any atom is 0.326 e. The van der Waals surface area contributed by atoms with E-state index in [4.69, 9.17) is 0 Å². The maximum absolute atomic E-state index is 13.3. The first-order valence-electron chi connectivity index (χ1n) is 11.6. The summed E-state index contributed by atoms with van der Waals surface area (Å²) in [5, 5.41) is 5.89. The summed E-state index contributed by atoms with van der Waals surface area (Å²) in [7, 11) is 0. The fourth-order valence-electron chi connectivity index (χ4n) is 5.14. The third-order valence-electron chi connectivity index (χ3n) is 7.14. The largest absolute Gasteiger partial charge is 0.326 e. The lowest BCUT2D eigenvalue weighted by atomic mass is 9.78. The number of urea groups is 1. The molecule has 1 unspecified atom stereocenters. The first-order chi connectivity index (χ1) is 15.9. The van der Waals surface area contributed by atoms with E-state index in [-0.39, 0.29) is 30.4 Å². The Bertz CT molecular complexity index is 1080. The zero-order chi connectivity index (χ0) is 23.0. The Morgan fingerprint density at radius 3 is 2.64 bits per heavy atom. The molecule has 1 aliphatic carbocycles. The molecule has 0 radical (unpaired) electrons. The minimum Gasteiger partial charge on any atom is -0.323 e. The number of imide groups is 1. The molecule has 172 valence electrons. The number of aromatic nitrogens is 1. The van der Waals surface area contributed by atoms with E-state index >= 15 is 0 Å². The summed E-state index contributed by atoms with van der Waals surface area (Å²) in [6, 6.07) is 11.5. The average Bonchev–Trinajstić information content (AvgIpc) is 3.04. The third kappa shape index (κ3) is 4.23. The number of pyridine rings is 1. The molecule has 3 heterocycles. The number of amides is 4. The van der Waals surface area contributed by atoms with Gasteiger partial charge in [0.05, 0.1) is 6.67 Å². The number of fused-ring (bicyclic) bond motifs is 1. The van der Waals surface area contributed by atoms with Gasteiger partial charge in [-0.15, -0.1) is 0 Å². The SMILES string of the molecule is Cc1ccc(NC(=O)C2CCN(CN3C(=O)NC4(CCc5ccccc5C4)C3=O)CC2)nc1. The molecule has 1 aromatic heterocycles. The second kappa shape index (κ2) is 8.59. The first-order valence-corrected chi connectivity index (χ1v) is 11.6. The zero-order valence-electron chi connectivity index (χ0n) is 18.8. The molecule has 3 aliphatic rings. The van der Waals surface area contributed by atoms with E-state index in [2.05, 4.69) is 26.6 Å². The van der Waals surface area contributed by atoms with Crippen molar-refractivity contribution in [2.75, 3.05) is 25.1 Å². The highest BCUT2D eigenvalue weighted by molar-refractivity contribution is 6.07. The molecule has 1 aromatic carbocycles. The molecule has 1 spiro atoms. The van der Waals surface area contributed by atoms with Crippen LogP contribution in [0.1, 0.15) is 36.0 Å². The van der Waals surface area contributed by atoms with Gasteiger partial charge in [-0.2, -0.15) is 0 Å². The molecule has 2 saturated heterocycles. The van der Waals surface area contributed by atoms with Crippen LogP contribution in [0.4, 0.5) is 10.6 Å². The van der Waals surface area contributed by atoms with Crippen molar-refractivity contribution in [3.8, 4) is 0 Å². The minimum atomic E-state index is -0.829. The Balaban J connectivity index is 1.16. The van der Waals surface area contributed by atoms with Gasteiger partial charge in [0.1, 0.15) is 11.4 Å². The van der Waals surface area contributed by atoms with Crippen molar-refractivity contribution in [2.45, 2.75) is 44.6 Å². The standard InChI is InChI=1S/C25H29N5O3/c1-17-6-7-21(26-15-17)27-22(31)19-9-12-29(13-10-19)16-30-23(32)25(28-24(30)33)11-8-18-4-2-3-5-20(18)14-25/h2-7,15,19H,8-14,16H2,1H3,(H,28,33)(H,26,27,31). The Morgan fingerprint density at radius 1 is 1.15 bits per heavy atom. The van der Waals surface area contributed by atoms with Gasteiger partial charge >= 0.3 is 6.03 Å². The van der Waals surface area contributed by atoms with Gasteiger partial charge in [0.2, 0.25) is 5.91 Å². The lowest BCUT2D eigenvalue weighted by molar-refractivity contribution is -0.133. The summed E-state index contributed by atoms with van der Waals surface area (Å²) in [5.41, 5.74) is 2.60. The molecular weight excluding hydrogens is 418 g/mol. The average molecular weight is 448 g/mol. The molecule has 0 saturated carbocycles. The van der Waals surface area contributed by atoms with Gasteiger partial charge in [0.15, 0.2) is 0 Å². The molecule has 8 nitrogen and oxygen atoms in total. The fourth-order valence-corrected chi connectivity index (χ4v) is 5.14. The molecule has 2 fully saturated rings.